The molecule has 7 heteroatoms. The lowest BCUT2D eigenvalue weighted by Crippen LogP contribution is -2.43. The normalized spacial score (nSPS) is 16.5. The summed E-state index contributed by atoms with van der Waals surface area (Å²) < 4.78 is 51.9. The van der Waals surface area contributed by atoms with Crippen molar-refractivity contribution in [2.24, 2.45) is 0 Å². The zero-order valence-electron chi connectivity index (χ0n) is 19.0. The molecular formula is C26H26F3N2O2+. The zero-order chi connectivity index (χ0) is 23.9. The van der Waals surface area contributed by atoms with Gasteiger partial charge in [0.15, 0.2) is 18.3 Å². The van der Waals surface area contributed by atoms with Gasteiger partial charge in [0.2, 0.25) is 5.71 Å². The molecule has 0 spiro atoms. The number of benzene rings is 2. The number of fused-ring (bicyclic) bond motifs is 3. The van der Waals surface area contributed by atoms with Gasteiger partial charge in [0.05, 0.1) is 7.11 Å². The number of esters is 1. The highest BCUT2D eigenvalue weighted by atomic mass is 19.1. The minimum absolute atomic E-state index is 0.0266. The molecule has 4 rings (SSSR count). The smallest absolute Gasteiger partial charge is 0.330 e. The third-order valence-electron chi connectivity index (χ3n) is 5.83. The van der Waals surface area contributed by atoms with E-state index in [1.54, 1.807) is 4.58 Å². The minimum atomic E-state index is -1.58. The van der Waals surface area contributed by atoms with Gasteiger partial charge in [-0.05, 0) is 56.2 Å². The number of nitrogens with one attached hydrogen (secondary N) is 1. The molecule has 2 heterocycles. The van der Waals surface area contributed by atoms with E-state index in [-0.39, 0.29) is 23.7 Å². The lowest BCUT2D eigenvalue weighted by molar-refractivity contribution is -0.574. The number of ether oxygens (including phenoxy) is 1. The van der Waals surface area contributed by atoms with Crippen LogP contribution in [-0.4, -0.2) is 46.6 Å². The molecule has 0 saturated heterocycles. The molecule has 3 aromatic rings. The molecule has 0 unspecified atom stereocenters. The van der Waals surface area contributed by atoms with E-state index in [0.717, 1.165) is 34.7 Å². The predicted molar refractivity (Wildman–Crippen MR) is 122 cm³/mol. The van der Waals surface area contributed by atoms with Crippen LogP contribution in [0.2, 0.25) is 0 Å². The summed E-state index contributed by atoms with van der Waals surface area (Å²) in [6.45, 7) is 4.80. The first-order valence-corrected chi connectivity index (χ1v) is 10.8. The second-order valence-corrected chi connectivity index (χ2v) is 8.99. The summed E-state index contributed by atoms with van der Waals surface area (Å²) in [6, 6.07) is 9.82. The molecule has 172 valence electrons. The number of aromatic nitrogens is 1. The summed E-state index contributed by atoms with van der Waals surface area (Å²) in [5.74, 6) is -2.22. The van der Waals surface area contributed by atoms with Crippen LogP contribution in [0, 0.1) is 11.6 Å². The Balaban J connectivity index is 1.96. The molecule has 1 atom stereocenters. The molecule has 1 aliphatic rings. The van der Waals surface area contributed by atoms with Crippen LogP contribution in [0.15, 0.2) is 42.5 Å². The molecule has 0 aliphatic carbocycles. The van der Waals surface area contributed by atoms with Crippen molar-refractivity contribution >= 4 is 28.7 Å². The fraction of sp³-hybridized carbons (Fsp3) is 0.308. The summed E-state index contributed by atoms with van der Waals surface area (Å²) >= 11 is 0. The Bertz CT molecular complexity index is 1280. The second kappa shape index (κ2) is 8.54. The first kappa shape index (κ1) is 22.8. The Kier molecular flexibility index (Phi) is 5.91. The van der Waals surface area contributed by atoms with Gasteiger partial charge in [0.25, 0.3) is 0 Å². The van der Waals surface area contributed by atoms with E-state index in [0.29, 0.717) is 17.8 Å². The summed E-state index contributed by atoms with van der Waals surface area (Å²) in [5, 5.41) is 0.981. The van der Waals surface area contributed by atoms with E-state index in [1.165, 1.54) is 27.0 Å². The van der Waals surface area contributed by atoms with Crippen molar-refractivity contribution in [2.75, 3.05) is 13.7 Å². The average molecular weight is 456 g/mol. The first-order chi connectivity index (χ1) is 15.6. The molecule has 2 aromatic carbocycles. The highest BCUT2D eigenvalue weighted by Gasteiger charge is 2.40. The largest absolute Gasteiger partial charge is 0.466 e. The molecule has 33 heavy (non-hydrogen) atoms. The maximum atomic E-state index is 15.4. The molecule has 0 bridgehead atoms. The number of H-pyrrole nitrogens is 1. The fourth-order valence-electron chi connectivity index (χ4n) is 4.44. The number of carbonyl (C=O) groups is 1. The van der Waals surface area contributed by atoms with Crippen molar-refractivity contribution in [2.45, 2.75) is 38.9 Å². The quantitative estimate of drug-likeness (QED) is 0.328. The molecule has 0 saturated carbocycles. The minimum Gasteiger partial charge on any atom is -0.466 e. The number of alkyl halides is 1. The first-order valence-electron chi connectivity index (χ1n) is 10.8. The van der Waals surface area contributed by atoms with Gasteiger partial charge in [-0.3, -0.25) is 0 Å². The van der Waals surface area contributed by atoms with Crippen molar-refractivity contribution in [1.82, 2.24) is 4.98 Å². The molecular weight excluding hydrogens is 429 g/mol. The van der Waals surface area contributed by atoms with Gasteiger partial charge >= 0.3 is 5.97 Å². The Hall–Kier alpha value is -3.35. The number of carbonyl (C=O) groups excluding carboxylic acids is 1. The van der Waals surface area contributed by atoms with Gasteiger partial charge in [-0.2, -0.15) is 0 Å². The van der Waals surface area contributed by atoms with E-state index in [4.69, 9.17) is 0 Å². The molecule has 0 fully saturated rings. The maximum Gasteiger partial charge on any atom is 0.330 e. The average Bonchev–Trinajstić information content (AvgIpc) is 3.10. The van der Waals surface area contributed by atoms with Crippen LogP contribution in [0.1, 0.15) is 43.2 Å². The Labute approximate surface area is 190 Å². The SMILES string of the molecule is COC(=O)/C=C/c1cc(F)c(C2=[N+](CC(C)(C)F)[C@H](C)Cc3c2[nH]c2ccccc32)c(F)c1. The van der Waals surface area contributed by atoms with Gasteiger partial charge < -0.3 is 9.72 Å². The van der Waals surface area contributed by atoms with Crippen LogP contribution in [-0.2, 0) is 16.0 Å². The Morgan fingerprint density at radius 3 is 2.55 bits per heavy atom. The molecule has 4 nitrogen and oxygen atoms in total. The third-order valence-corrected chi connectivity index (χ3v) is 5.83. The van der Waals surface area contributed by atoms with E-state index in [1.807, 2.05) is 31.2 Å². The van der Waals surface area contributed by atoms with E-state index in [9.17, 15) is 9.18 Å². The Morgan fingerprint density at radius 1 is 1.24 bits per heavy atom. The van der Waals surface area contributed by atoms with Gasteiger partial charge in [-0.1, -0.05) is 18.2 Å². The van der Waals surface area contributed by atoms with Crippen LogP contribution >= 0.6 is 0 Å². The van der Waals surface area contributed by atoms with Crippen molar-refractivity contribution in [1.29, 1.82) is 0 Å². The summed E-state index contributed by atoms with van der Waals surface area (Å²) in [7, 11) is 1.22. The molecule has 1 aliphatic heterocycles. The lowest BCUT2D eigenvalue weighted by atomic mass is 9.91. The monoisotopic (exact) mass is 455 g/mol. The number of nitrogens with zero attached hydrogens (tertiary/aromatic N) is 1. The van der Waals surface area contributed by atoms with Gasteiger partial charge in [-0.15, -0.1) is 0 Å². The van der Waals surface area contributed by atoms with E-state index >= 15 is 8.78 Å². The van der Waals surface area contributed by atoms with Crippen LogP contribution in [0.25, 0.3) is 17.0 Å². The highest BCUT2D eigenvalue weighted by Crippen LogP contribution is 2.32. The third kappa shape index (κ3) is 4.45. The lowest BCUT2D eigenvalue weighted by Gasteiger charge is -2.25. The maximum absolute atomic E-state index is 15.4. The van der Waals surface area contributed by atoms with Crippen LogP contribution in [0.3, 0.4) is 0 Å². The number of methoxy groups -OCH3 is 1. The van der Waals surface area contributed by atoms with Crippen LogP contribution in [0.4, 0.5) is 13.2 Å². The fourth-order valence-corrected chi connectivity index (χ4v) is 4.44. The molecule has 1 N–H and O–H groups in total. The van der Waals surface area contributed by atoms with Crippen LogP contribution < -0.4 is 0 Å². The van der Waals surface area contributed by atoms with Gasteiger partial charge in [0.1, 0.15) is 22.9 Å². The number of aromatic amines is 1. The molecule has 1 aromatic heterocycles. The summed E-state index contributed by atoms with van der Waals surface area (Å²) in [5.41, 5.74) is 1.06. The summed E-state index contributed by atoms with van der Waals surface area (Å²) in [6.07, 6.45) is 2.99. The highest BCUT2D eigenvalue weighted by molar-refractivity contribution is 6.13. The van der Waals surface area contributed by atoms with Crippen molar-refractivity contribution in [3.8, 4) is 0 Å². The summed E-state index contributed by atoms with van der Waals surface area (Å²) in [4.78, 5) is 14.7. The van der Waals surface area contributed by atoms with E-state index < -0.39 is 23.3 Å². The van der Waals surface area contributed by atoms with Gasteiger partial charge in [-0.25, -0.2) is 22.5 Å². The number of hydrogen-bond donors (Lipinski definition) is 1. The van der Waals surface area contributed by atoms with Crippen LogP contribution in [0.5, 0.6) is 0 Å². The number of hydrogen-bond acceptors (Lipinski definition) is 2. The topological polar surface area (TPSA) is 45.1 Å². The molecule has 0 radical (unpaired) electrons. The van der Waals surface area contributed by atoms with E-state index in [2.05, 4.69) is 9.72 Å². The zero-order valence-corrected chi connectivity index (χ0v) is 19.0. The van der Waals surface area contributed by atoms with Crippen molar-refractivity contribution in [3.05, 3.63) is 76.5 Å². The molecule has 0 amide bonds. The number of para-hydroxylation sites is 1. The number of rotatable bonds is 5. The second-order valence-electron chi connectivity index (χ2n) is 8.99. The van der Waals surface area contributed by atoms with Crippen molar-refractivity contribution in [3.63, 3.8) is 0 Å². The van der Waals surface area contributed by atoms with Crippen molar-refractivity contribution < 1.29 is 27.3 Å². The standard InChI is InChI=1S/C26H25F3N2O2/c1-15-11-18-17-7-5-6-8-21(17)30-24(18)25(31(15)14-26(2,3)29)23-19(27)12-16(13-20(23)28)9-10-22(32)33-4/h5-10,12-13,15H,11,14H2,1-4H3/p+1/b10-9+/t15-/m1/s1. The van der Waals surface area contributed by atoms with Gasteiger partial charge in [0, 0.05) is 23.4 Å². The number of halogens is 3. The predicted octanol–water partition coefficient (Wildman–Crippen LogP) is 5.17. The Morgan fingerprint density at radius 2 is 1.91 bits per heavy atom.